The number of rotatable bonds is 3. The summed E-state index contributed by atoms with van der Waals surface area (Å²) in [5.41, 5.74) is 1.58. The highest BCUT2D eigenvalue weighted by molar-refractivity contribution is 7.16. The average molecular weight is 235 g/mol. The molecule has 0 saturated heterocycles. The number of nitrogens with zero attached hydrogens (tertiary/aromatic N) is 3. The van der Waals surface area contributed by atoms with Gasteiger partial charge in [0.1, 0.15) is 5.01 Å². The molecule has 3 rings (SSSR count). The molecule has 0 atom stereocenters. The highest BCUT2D eigenvalue weighted by Crippen LogP contribution is 2.47. The molecule has 1 aliphatic carbocycles. The first-order valence-corrected chi connectivity index (χ1v) is 6.74. The molecule has 2 aromatic rings. The van der Waals surface area contributed by atoms with E-state index in [1.165, 1.54) is 23.5 Å². The zero-order chi connectivity index (χ0) is 11.3. The van der Waals surface area contributed by atoms with Crippen molar-refractivity contribution in [2.24, 2.45) is 5.92 Å². The van der Waals surface area contributed by atoms with E-state index in [-0.39, 0.29) is 0 Å². The average Bonchev–Trinajstić information content (AvgIpc) is 2.65. The molecular formula is C12H17N3S. The normalized spacial score (nSPS) is 18.5. The van der Waals surface area contributed by atoms with Crippen LogP contribution in [0.15, 0.2) is 6.20 Å². The van der Waals surface area contributed by atoms with Gasteiger partial charge in [0.2, 0.25) is 4.96 Å². The van der Waals surface area contributed by atoms with E-state index in [0.29, 0.717) is 11.3 Å². The third-order valence-electron chi connectivity index (χ3n) is 3.29. The minimum Gasteiger partial charge on any atom is -0.222 e. The van der Waals surface area contributed by atoms with Crippen LogP contribution < -0.4 is 0 Å². The van der Waals surface area contributed by atoms with Crippen molar-refractivity contribution in [3.8, 4) is 0 Å². The van der Waals surface area contributed by atoms with E-state index in [4.69, 9.17) is 4.98 Å². The highest BCUT2D eigenvalue weighted by atomic mass is 32.1. The Labute approximate surface area is 99.5 Å². The van der Waals surface area contributed by atoms with Gasteiger partial charge in [-0.1, -0.05) is 32.1 Å². The fourth-order valence-corrected chi connectivity index (χ4v) is 2.99. The van der Waals surface area contributed by atoms with Gasteiger partial charge in [0.25, 0.3) is 0 Å². The quantitative estimate of drug-likeness (QED) is 0.818. The van der Waals surface area contributed by atoms with Gasteiger partial charge in [0.15, 0.2) is 0 Å². The molecule has 2 aromatic heterocycles. The zero-order valence-corrected chi connectivity index (χ0v) is 10.8. The smallest absolute Gasteiger partial charge is 0.212 e. The molecule has 3 nitrogen and oxygen atoms in total. The van der Waals surface area contributed by atoms with E-state index in [1.807, 2.05) is 4.52 Å². The lowest BCUT2D eigenvalue weighted by Gasteiger charge is -2.01. The van der Waals surface area contributed by atoms with Crippen LogP contribution in [-0.4, -0.2) is 14.6 Å². The van der Waals surface area contributed by atoms with Crippen LogP contribution in [0.25, 0.3) is 4.96 Å². The molecule has 0 unspecified atom stereocenters. The second-order valence-electron chi connectivity index (χ2n) is 5.51. The zero-order valence-electron chi connectivity index (χ0n) is 10.0. The predicted molar refractivity (Wildman–Crippen MR) is 66.0 cm³/mol. The summed E-state index contributed by atoms with van der Waals surface area (Å²) in [7, 11) is 0. The fourth-order valence-electron chi connectivity index (χ4n) is 1.91. The first kappa shape index (κ1) is 10.3. The van der Waals surface area contributed by atoms with Crippen molar-refractivity contribution in [2.45, 2.75) is 45.4 Å². The van der Waals surface area contributed by atoms with E-state index >= 15 is 0 Å². The molecular weight excluding hydrogens is 218 g/mol. The van der Waals surface area contributed by atoms with E-state index in [9.17, 15) is 0 Å². The van der Waals surface area contributed by atoms with Crippen molar-refractivity contribution in [1.82, 2.24) is 14.6 Å². The van der Waals surface area contributed by atoms with E-state index < -0.39 is 0 Å². The monoisotopic (exact) mass is 235 g/mol. The lowest BCUT2D eigenvalue weighted by Crippen LogP contribution is -1.99. The molecule has 0 aromatic carbocycles. The molecule has 0 bridgehead atoms. The molecule has 4 heteroatoms. The molecule has 0 radical (unpaired) electrons. The molecule has 0 N–H and O–H groups in total. The SMILES string of the molecule is CC(C)Cc1nn2cc(C3(C)CC3)nc2s1. The van der Waals surface area contributed by atoms with E-state index in [1.54, 1.807) is 11.3 Å². The molecule has 0 spiro atoms. The van der Waals surface area contributed by atoms with Crippen LogP contribution >= 0.6 is 11.3 Å². The molecule has 16 heavy (non-hydrogen) atoms. The summed E-state index contributed by atoms with van der Waals surface area (Å²) in [5.74, 6) is 0.663. The van der Waals surface area contributed by atoms with Crippen LogP contribution in [0.5, 0.6) is 0 Å². The van der Waals surface area contributed by atoms with Crippen molar-refractivity contribution < 1.29 is 0 Å². The van der Waals surface area contributed by atoms with Gasteiger partial charge in [-0.15, -0.1) is 0 Å². The fraction of sp³-hybridized carbons (Fsp3) is 0.667. The number of hydrogen-bond acceptors (Lipinski definition) is 3. The minimum absolute atomic E-state index is 0.353. The van der Waals surface area contributed by atoms with Gasteiger partial charge in [-0.2, -0.15) is 5.10 Å². The Hall–Kier alpha value is -0.900. The van der Waals surface area contributed by atoms with Crippen molar-refractivity contribution in [2.75, 3.05) is 0 Å². The first-order valence-electron chi connectivity index (χ1n) is 5.92. The van der Waals surface area contributed by atoms with Crippen molar-refractivity contribution >= 4 is 16.3 Å². The topological polar surface area (TPSA) is 30.2 Å². The van der Waals surface area contributed by atoms with Crippen LogP contribution in [0.2, 0.25) is 0 Å². The molecule has 0 aliphatic heterocycles. The third kappa shape index (κ3) is 1.65. The Morgan fingerprint density at radius 3 is 2.81 bits per heavy atom. The Morgan fingerprint density at radius 1 is 1.50 bits per heavy atom. The lowest BCUT2D eigenvalue weighted by molar-refractivity contribution is 0.636. The van der Waals surface area contributed by atoms with Gasteiger partial charge in [0.05, 0.1) is 11.9 Å². The van der Waals surface area contributed by atoms with Gasteiger partial charge >= 0.3 is 0 Å². The van der Waals surface area contributed by atoms with Crippen molar-refractivity contribution in [3.05, 3.63) is 16.9 Å². The maximum absolute atomic E-state index is 4.69. The van der Waals surface area contributed by atoms with Crippen LogP contribution in [-0.2, 0) is 11.8 Å². The second kappa shape index (κ2) is 3.29. The van der Waals surface area contributed by atoms with Gasteiger partial charge in [-0.05, 0) is 18.8 Å². The van der Waals surface area contributed by atoms with Gasteiger partial charge in [0, 0.05) is 11.8 Å². The minimum atomic E-state index is 0.353. The van der Waals surface area contributed by atoms with Crippen molar-refractivity contribution in [3.63, 3.8) is 0 Å². The molecule has 86 valence electrons. The molecule has 1 aliphatic rings. The second-order valence-corrected chi connectivity index (χ2v) is 6.55. The van der Waals surface area contributed by atoms with E-state index in [0.717, 1.165) is 11.4 Å². The summed E-state index contributed by atoms with van der Waals surface area (Å²) in [6.07, 6.45) is 5.72. The first-order chi connectivity index (χ1) is 7.57. The van der Waals surface area contributed by atoms with Gasteiger partial charge in [-0.3, -0.25) is 0 Å². The summed E-state index contributed by atoms with van der Waals surface area (Å²) >= 11 is 1.73. The highest BCUT2D eigenvalue weighted by Gasteiger charge is 2.41. The largest absolute Gasteiger partial charge is 0.222 e. The summed E-state index contributed by atoms with van der Waals surface area (Å²) in [6.45, 7) is 6.73. The van der Waals surface area contributed by atoms with Crippen LogP contribution in [0.3, 0.4) is 0 Å². The summed E-state index contributed by atoms with van der Waals surface area (Å²) in [4.78, 5) is 5.75. The Bertz CT molecular complexity index is 488. The summed E-state index contributed by atoms with van der Waals surface area (Å²) in [6, 6.07) is 0. The van der Waals surface area contributed by atoms with Gasteiger partial charge in [-0.25, -0.2) is 9.50 Å². The lowest BCUT2D eigenvalue weighted by atomic mass is 10.1. The Balaban J connectivity index is 1.93. The Kier molecular flexibility index (Phi) is 2.11. The van der Waals surface area contributed by atoms with Crippen molar-refractivity contribution in [1.29, 1.82) is 0 Å². The van der Waals surface area contributed by atoms with Crippen LogP contribution in [0, 0.1) is 5.92 Å². The number of fused-ring (bicyclic) bond motifs is 1. The van der Waals surface area contributed by atoms with Crippen LogP contribution in [0.1, 0.15) is 44.3 Å². The molecule has 0 amide bonds. The van der Waals surface area contributed by atoms with Gasteiger partial charge < -0.3 is 0 Å². The molecule has 1 fully saturated rings. The summed E-state index contributed by atoms with van der Waals surface area (Å²) in [5, 5.41) is 5.79. The third-order valence-corrected chi connectivity index (χ3v) is 4.23. The molecule has 2 heterocycles. The molecule has 1 saturated carbocycles. The number of hydrogen-bond donors (Lipinski definition) is 0. The summed E-state index contributed by atoms with van der Waals surface area (Å²) < 4.78 is 1.96. The Morgan fingerprint density at radius 2 is 2.25 bits per heavy atom. The van der Waals surface area contributed by atoms with E-state index in [2.05, 4.69) is 32.1 Å². The number of imidazole rings is 1. The van der Waals surface area contributed by atoms with Crippen LogP contribution in [0.4, 0.5) is 0 Å². The number of aromatic nitrogens is 3. The maximum atomic E-state index is 4.69. The predicted octanol–water partition coefficient (Wildman–Crippen LogP) is 3.04. The maximum Gasteiger partial charge on any atom is 0.212 e. The standard InChI is InChI=1S/C12H17N3S/c1-8(2)6-10-14-15-7-9(12(3)4-5-12)13-11(15)16-10/h7-8H,4-6H2,1-3H3.